The van der Waals surface area contributed by atoms with E-state index >= 15 is 0 Å². The van der Waals surface area contributed by atoms with Gasteiger partial charge in [0.25, 0.3) is 0 Å². The van der Waals surface area contributed by atoms with Gasteiger partial charge >= 0.3 is 6.03 Å². The fourth-order valence-corrected chi connectivity index (χ4v) is 4.21. The van der Waals surface area contributed by atoms with Gasteiger partial charge in [-0.25, -0.2) is 9.78 Å². The highest BCUT2D eigenvalue weighted by Crippen LogP contribution is 2.21. The quantitative estimate of drug-likeness (QED) is 0.708. The van der Waals surface area contributed by atoms with E-state index in [4.69, 9.17) is 0 Å². The zero-order valence-electron chi connectivity index (χ0n) is 16.5. The third-order valence-electron chi connectivity index (χ3n) is 4.88. The molecule has 3 heterocycles. The number of anilines is 1. The highest BCUT2D eigenvalue weighted by atomic mass is 32.1. The Labute approximate surface area is 173 Å². The number of para-hydroxylation sites is 1. The van der Waals surface area contributed by atoms with Gasteiger partial charge in [0.05, 0.1) is 17.4 Å². The van der Waals surface area contributed by atoms with Crippen molar-refractivity contribution in [2.24, 2.45) is 0 Å². The fourth-order valence-electron chi connectivity index (χ4n) is 3.36. The second-order valence-electron chi connectivity index (χ2n) is 7.05. The summed E-state index contributed by atoms with van der Waals surface area (Å²) < 4.78 is 1.65. The molecular weight excluding hydrogens is 388 g/mol. The first-order valence-corrected chi connectivity index (χ1v) is 10.6. The van der Waals surface area contributed by atoms with Crippen LogP contribution in [0.3, 0.4) is 0 Å². The van der Waals surface area contributed by atoms with E-state index in [-0.39, 0.29) is 12.1 Å². The Bertz CT molecular complexity index is 956. The van der Waals surface area contributed by atoms with Gasteiger partial charge in [0.2, 0.25) is 0 Å². The first-order chi connectivity index (χ1) is 14.1. The van der Waals surface area contributed by atoms with Crippen molar-refractivity contribution in [2.45, 2.75) is 26.3 Å². The van der Waals surface area contributed by atoms with Gasteiger partial charge in [-0.15, -0.1) is 16.4 Å². The van der Waals surface area contributed by atoms with Crippen molar-refractivity contribution in [1.82, 2.24) is 35.4 Å². The van der Waals surface area contributed by atoms with E-state index in [9.17, 15) is 4.79 Å². The summed E-state index contributed by atoms with van der Waals surface area (Å²) in [5, 5.41) is 18.1. The fraction of sp³-hybridized carbons (Fsp3) is 0.421. The number of hydrogen-bond acceptors (Lipinski definition) is 7. The monoisotopic (exact) mass is 412 g/mol. The Morgan fingerprint density at radius 3 is 2.76 bits per heavy atom. The minimum Gasteiger partial charge on any atom is -0.346 e. The van der Waals surface area contributed by atoms with Gasteiger partial charge in [-0.05, 0) is 42.8 Å². The number of benzene rings is 1. The molecule has 1 aliphatic heterocycles. The number of aromatic nitrogens is 5. The Hall–Kier alpha value is -3.01. The number of urea groups is 1. The summed E-state index contributed by atoms with van der Waals surface area (Å²) in [6.07, 6.45) is 0.905. The molecule has 1 atom stereocenters. The summed E-state index contributed by atoms with van der Waals surface area (Å²) in [5.74, 6) is 0.597. The van der Waals surface area contributed by atoms with Crippen LogP contribution in [0.2, 0.25) is 0 Å². The molecule has 152 valence electrons. The van der Waals surface area contributed by atoms with E-state index in [2.05, 4.69) is 36.1 Å². The number of amides is 2. The standard InChI is InChI=1S/C19H24N8OS/c1-14-13-29-19(20-14)26-10-6-9-25(11-12-26)18(28)21-15(2)17-22-23-24-27(17)16-7-4-3-5-8-16/h3-5,7-8,13,15H,6,9-12H2,1-2H3,(H,21,28). The SMILES string of the molecule is Cc1csc(N2CCCN(C(=O)NC(C)c3nnnn3-c3ccccc3)CC2)n1. The summed E-state index contributed by atoms with van der Waals surface area (Å²) in [7, 11) is 0. The first-order valence-electron chi connectivity index (χ1n) is 9.68. The molecule has 29 heavy (non-hydrogen) atoms. The zero-order chi connectivity index (χ0) is 20.2. The van der Waals surface area contributed by atoms with Gasteiger partial charge in [0, 0.05) is 31.6 Å². The molecule has 0 aliphatic carbocycles. The molecule has 1 aromatic carbocycles. The molecule has 1 unspecified atom stereocenters. The van der Waals surface area contributed by atoms with Crippen molar-refractivity contribution in [1.29, 1.82) is 0 Å². The molecule has 9 nitrogen and oxygen atoms in total. The molecule has 2 aromatic heterocycles. The van der Waals surface area contributed by atoms with Crippen LogP contribution in [-0.4, -0.2) is 62.3 Å². The van der Waals surface area contributed by atoms with Crippen LogP contribution in [0.15, 0.2) is 35.7 Å². The van der Waals surface area contributed by atoms with Gasteiger partial charge in [-0.2, -0.15) is 4.68 Å². The van der Waals surface area contributed by atoms with Crippen LogP contribution in [-0.2, 0) is 0 Å². The highest BCUT2D eigenvalue weighted by Gasteiger charge is 2.24. The predicted molar refractivity (Wildman–Crippen MR) is 111 cm³/mol. The van der Waals surface area contributed by atoms with Gasteiger partial charge in [-0.1, -0.05) is 18.2 Å². The molecule has 0 spiro atoms. The number of thiazole rings is 1. The van der Waals surface area contributed by atoms with Crippen LogP contribution >= 0.6 is 11.3 Å². The van der Waals surface area contributed by atoms with Crippen molar-refractivity contribution in [3.8, 4) is 5.69 Å². The Morgan fingerprint density at radius 2 is 2.00 bits per heavy atom. The Balaban J connectivity index is 1.39. The molecule has 0 saturated carbocycles. The topological polar surface area (TPSA) is 92.1 Å². The number of rotatable bonds is 4. The molecule has 2 amide bonds. The summed E-state index contributed by atoms with van der Waals surface area (Å²) in [6, 6.07) is 9.23. The molecule has 4 rings (SSSR count). The number of carbonyl (C=O) groups is 1. The van der Waals surface area contributed by atoms with Crippen LogP contribution in [0.5, 0.6) is 0 Å². The van der Waals surface area contributed by atoms with E-state index in [1.54, 1.807) is 16.0 Å². The maximum atomic E-state index is 12.9. The van der Waals surface area contributed by atoms with Crippen molar-refractivity contribution >= 4 is 22.5 Å². The van der Waals surface area contributed by atoms with Crippen LogP contribution in [0.1, 0.15) is 30.9 Å². The van der Waals surface area contributed by atoms with Gasteiger partial charge in [-0.3, -0.25) is 0 Å². The number of carbonyl (C=O) groups excluding carboxylic acids is 1. The van der Waals surface area contributed by atoms with E-state index in [0.717, 1.165) is 36.0 Å². The number of nitrogens with one attached hydrogen (secondary N) is 1. The van der Waals surface area contributed by atoms with E-state index in [0.29, 0.717) is 18.9 Å². The largest absolute Gasteiger partial charge is 0.346 e. The van der Waals surface area contributed by atoms with Gasteiger partial charge < -0.3 is 15.1 Å². The van der Waals surface area contributed by atoms with Crippen molar-refractivity contribution < 1.29 is 4.79 Å². The van der Waals surface area contributed by atoms with Crippen molar-refractivity contribution in [3.63, 3.8) is 0 Å². The highest BCUT2D eigenvalue weighted by molar-refractivity contribution is 7.13. The van der Waals surface area contributed by atoms with E-state index in [1.807, 2.05) is 49.1 Å². The summed E-state index contributed by atoms with van der Waals surface area (Å²) in [4.78, 5) is 21.5. The summed E-state index contributed by atoms with van der Waals surface area (Å²) >= 11 is 1.65. The van der Waals surface area contributed by atoms with Gasteiger partial charge in [0.1, 0.15) is 0 Å². The van der Waals surface area contributed by atoms with E-state index in [1.165, 1.54) is 0 Å². The molecule has 1 N–H and O–H groups in total. The minimum absolute atomic E-state index is 0.0997. The molecule has 0 bridgehead atoms. The molecule has 1 aliphatic rings. The molecule has 3 aromatic rings. The lowest BCUT2D eigenvalue weighted by atomic mass is 10.3. The number of nitrogens with zero attached hydrogens (tertiary/aromatic N) is 7. The average Bonchev–Trinajstić information content (AvgIpc) is 3.32. The van der Waals surface area contributed by atoms with Crippen molar-refractivity contribution in [3.05, 3.63) is 47.2 Å². The molecule has 10 heteroatoms. The summed E-state index contributed by atoms with van der Waals surface area (Å²) in [5.41, 5.74) is 1.89. The van der Waals surface area contributed by atoms with E-state index < -0.39 is 0 Å². The molecular formula is C19H24N8OS. The maximum absolute atomic E-state index is 12.9. The number of aryl methyl sites for hydroxylation is 1. The Morgan fingerprint density at radius 1 is 1.17 bits per heavy atom. The van der Waals surface area contributed by atoms with Crippen LogP contribution in [0, 0.1) is 6.92 Å². The molecule has 0 radical (unpaired) electrons. The average molecular weight is 413 g/mol. The summed E-state index contributed by atoms with van der Waals surface area (Å²) in [6.45, 7) is 6.94. The normalized spacial score (nSPS) is 15.8. The lowest BCUT2D eigenvalue weighted by Gasteiger charge is -2.24. The minimum atomic E-state index is -0.321. The Kier molecular flexibility index (Phi) is 5.70. The van der Waals surface area contributed by atoms with Crippen LogP contribution in [0.25, 0.3) is 5.69 Å². The predicted octanol–water partition coefficient (Wildman–Crippen LogP) is 2.41. The zero-order valence-corrected chi connectivity index (χ0v) is 17.3. The number of tetrazole rings is 1. The molecule has 1 fully saturated rings. The van der Waals surface area contributed by atoms with Crippen molar-refractivity contribution in [2.75, 3.05) is 31.1 Å². The lowest BCUT2D eigenvalue weighted by molar-refractivity contribution is 0.197. The second-order valence-corrected chi connectivity index (χ2v) is 7.89. The third kappa shape index (κ3) is 4.37. The van der Waals surface area contributed by atoms with Crippen LogP contribution in [0.4, 0.5) is 9.93 Å². The molecule has 1 saturated heterocycles. The first kappa shape index (κ1) is 19.3. The second kappa shape index (κ2) is 8.56. The maximum Gasteiger partial charge on any atom is 0.318 e. The number of hydrogen-bond donors (Lipinski definition) is 1. The van der Waals surface area contributed by atoms with Gasteiger partial charge in [0.15, 0.2) is 11.0 Å². The lowest BCUT2D eigenvalue weighted by Crippen LogP contribution is -2.43. The third-order valence-corrected chi connectivity index (χ3v) is 5.90. The van der Waals surface area contributed by atoms with Crippen LogP contribution < -0.4 is 10.2 Å². The smallest absolute Gasteiger partial charge is 0.318 e.